The fourth-order valence-corrected chi connectivity index (χ4v) is 3.24. The minimum Gasteiger partial charge on any atom is -0.340 e. The number of aromatic amines is 1. The molecule has 2 aromatic rings. The zero-order chi connectivity index (χ0) is 18.4. The molecule has 0 radical (unpaired) electrons. The van der Waals surface area contributed by atoms with Gasteiger partial charge in [-0.25, -0.2) is 0 Å². The van der Waals surface area contributed by atoms with Crippen LogP contribution in [-0.2, 0) is 11.2 Å². The van der Waals surface area contributed by atoms with Gasteiger partial charge in [0.25, 0.3) is 0 Å². The van der Waals surface area contributed by atoms with Crippen molar-refractivity contribution in [3.8, 4) is 0 Å². The average Bonchev–Trinajstić information content (AvgIpc) is 2.99. The van der Waals surface area contributed by atoms with Gasteiger partial charge in [0.1, 0.15) is 0 Å². The molecule has 1 N–H and O–H groups in total. The Hall–Kier alpha value is -2.40. The second-order valence-electron chi connectivity index (χ2n) is 6.91. The monoisotopic (exact) mass is 352 g/mol. The number of benzene rings is 1. The van der Waals surface area contributed by atoms with Gasteiger partial charge in [0.05, 0.1) is 5.69 Å². The van der Waals surface area contributed by atoms with Gasteiger partial charge in [0, 0.05) is 51.3 Å². The van der Waals surface area contributed by atoms with Gasteiger partial charge < -0.3 is 4.90 Å². The normalized spacial score (nSPS) is 15.7. The van der Waals surface area contributed by atoms with E-state index in [1.165, 1.54) is 11.1 Å². The molecule has 0 bridgehead atoms. The van der Waals surface area contributed by atoms with Crippen LogP contribution in [0.3, 0.4) is 0 Å². The summed E-state index contributed by atoms with van der Waals surface area (Å²) in [5.41, 5.74) is 4.50. The Bertz CT molecular complexity index is 743. The molecule has 2 heterocycles. The maximum atomic E-state index is 12.5. The molecular weight excluding hydrogens is 324 g/mol. The van der Waals surface area contributed by atoms with Crippen LogP contribution >= 0.6 is 0 Å². The third-order valence-electron chi connectivity index (χ3n) is 5.13. The molecule has 5 heteroatoms. The summed E-state index contributed by atoms with van der Waals surface area (Å²) in [6, 6.07) is 10.3. The van der Waals surface area contributed by atoms with E-state index in [1.54, 1.807) is 0 Å². The van der Waals surface area contributed by atoms with Crippen LogP contribution in [-0.4, -0.2) is 58.6 Å². The second kappa shape index (κ2) is 8.81. The highest BCUT2D eigenvalue weighted by atomic mass is 16.2. The zero-order valence-electron chi connectivity index (χ0n) is 15.7. The van der Waals surface area contributed by atoms with Crippen LogP contribution in [0.4, 0.5) is 0 Å². The number of hydrogen-bond donors (Lipinski definition) is 1. The molecule has 0 unspecified atom stereocenters. The number of nitrogens with zero attached hydrogens (tertiary/aromatic N) is 3. The first-order valence-corrected chi connectivity index (χ1v) is 9.35. The lowest BCUT2D eigenvalue weighted by molar-refractivity contribution is -0.132. The highest BCUT2D eigenvalue weighted by Gasteiger charge is 2.20. The number of aromatic nitrogens is 2. The standard InChI is InChI=1S/C21H28N4O/c1-17-18(2)22-23-20(17)10-11-21(26)25-15-13-24(14-16-25)12-6-9-19-7-4-3-5-8-19/h3-9H,10-16H2,1-2H3,(H,22,23). The fraction of sp³-hybridized carbons (Fsp3) is 0.429. The first-order chi connectivity index (χ1) is 12.6. The SMILES string of the molecule is Cc1[nH]nc(CCC(=O)N2CCN(CC=Cc3ccccc3)CC2)c1C. The highest BCUT2D eigenvalue weighted by Crippen LogP contribution is 2.12. The lowest BCUT2D eigenvalue weighted by atomic mass is 10.1. The molecule has 1 aliphatic rings. The first kappa shape index (κ1) is 18.4. The van der Waals surface area contributed by atoms with Crippen molar-refractivity contribution in [3.05, 3.63) is 58.9 Å². The van der Waals surface area contributed by atoms with Crippen molar-refractivity contribution >= 4 is 12.0 Å². The van der Waals surface area contributed by atoms with Crippen LogP contribution in [0.1, 0.15) is 28.9 Å². The molecule has 0 saturated carbocycles. The van der Waals surface area contributed by atoms with Gasteiger partial charge in [0.2, 0.25) is 5.91 Å². The molecule has 26 heavy (non-hydrogen) atoms. The predicted octanol–water partition coefficient (Wildman–Crippen LogP) is 2.82. The Morgan fingerprint density at radius 2 is 1.88 bits per heavy atom. The van der Waals surface area contributed by atoms with Gasteiger partial charge in [0.15, 0.2) is 0 Å². The number of amides is 1. The van der Waals surface area contributed by atoms with Crippen molar-refractivity contribution in [3.63, 3.8) is 0 Å². The van der Waals surface area contributed by atoms with Gasteiger partial charge in [-0.3, -0.25) is 14.8 Å². The second-order valence-corrected chi connectivity index (χ2v) is 6.91. The number of nitrogens with one attached hydrogen (secondary N) is 1. The van der Waals surface area contributed by atoms with E-state index in [0.717, 1.165) is 50.5 Å². The minimum atomic E-state index is 0.240. The smallest absolute Gasteiger partial charge is 0.223 e. The van der Waals surface area contributed by atoms with Gasteiger partial charge in [-0.15, -0.1) is 0 Å². The van der Waals surface area contributed by atoms with Crippen LogP contribution in [0.2, 0.25) is 0 Å². The summed E-state index contributed by atoms with van der Waals surface area (Å²) < 4.78 is 0. The van der Waals surface area contributed by atoms with Crippen LogP contribution in [0.5, 0.6) is 0 Å². The van der Waals surface area contributed by atoms with Gasteiger partial charge in [-0.2, -0.15) is 5.10 Å². The number of carbonyl (C=O) groups is 1. The van der Waals surface area contributed by atoms with Crippen molar-refractivity contribution in [1.82, 2.24) is 20.0 Å². The summed E-state index contributed by atoms with van der Waals surface area (Å²) >= 11 is 0. The van der Waals surface area contributed by atoms with E-state index in [-0.39, 0.29) is 5.91 Å². The van der Waals surface area contributed by atoms with Crippen LogP contribution in [0, 0.1) is 13.8 Å². The van der Waals surface area contributed by atoms with E-state index in [2.05, 4.69) is 58.4 Å². The highest BCUT2D eigenvalue weighted by molar-refractivity contribution is 5.76. The molecule has 1 aliphatic heterocycles. The Kier molecular flexibility index (Phi) is 6.23. The van der Waals surface area contributed by atoms with Gasteiger partial charge in [-0.1, -0.05) is 42.5 Å². The molecule has 1 aromatic carbocycles. The topological polar surface area (TPSA) is 52.2 Å². The molecule has 1 saturated heterocycles. The number of piperazine rings is 1. The maximum Gasteiger partial charge on any atom is 0.223 e. The summed E-state index contributed by atoms with van der Waals surface area (Å²) in [6.07, 6.45) is 5.62. The number of carbonyl (C=O) groups excluding carboxylic acids is 1. The van der Waals surface area contributed by atoms with Crippen LogP contribution in [0.15, 0.2) is 36.4 Å². The molecule has 5 nitrogen and oxygen atoms in total. The summed E-state index contributed by atoms with van der Waals surface area (Å²) in [4.78, 5) is 16.8. The van der Waals surface area contributed by atoms with Crippen LogP contribution < -0.4 is 0 Å². The van der Waals surface area contributed by atoms with E-state index in [9.17, 15) is 4.79 Å². The van der Waals surface area contributed by atoms with E-state index >= 15 is 0 Å². The molecule has 138 valence electrons. The molecule has 0 aliphatic carbocycles. The Labute approximate surface area is 155 Å². The molecule has 1 aromatic heterocycles. The number of aryl methyl sites for hydroxylation is 2. The van der Waals surface area contributed by atoms with Crippen molar-refractivity contribution in [2.24, 2.45) is 0 Å². The van der Waals surface area contributed by atoms with Crippen molar-refractivity contribution in [2.75, 3.05) is 32.7 Å². The van der Waals surface area contributed by atoms with Crippen molar-refractivity contribution in [2.45, 2.75) is 26.7 Å². The molecule has 1 fully saturated rings. The maximum absolute atomic E-state index is 12.5. The summed E-state index contributed by atoms with van der Waals surface area (Å²) in [7, 11) is 0. The predicted molar refractivity (Wildman–Crippen MR) is 105 cm³/mol. The average molecular weight is 352 g/mol. The number of rotatable bonds is 6. The summed E-state index contributed by atoms with van der Waals surface area (Å²) in [5.74, 6) is 0.240. The molecule has 0 spiro atoms. The van der Waals surface area contributed by atoms with E-state index in [4.69, 9.17) is 0 Å². The van der Waals surface area contributed by atoms with Crippen molar-refractivity contribution < 1.29 is 4.79 Å². The van der Waals surface area contributed by atoms with E-state index < -0.39 is 0 Å². The Morgan fingerprint density at radius 3 is 2.54 bits per heavy atom. The lowest BCUT2D eigenvalue weighted by Gasteiger charge is -2.34. The fourth-order valence-electron chi connectivity index (χ4n) is 3.24. The van der Waals surface area contributed by atoms with Crippen molar-refractivity contribution in [1.29, 1.82) is 0 Å². The Morgan fingerprint density at radius 1 is 1.15 bits per heavy atom. The van der Waals surface area contributed by atoms with Crippen LogP contribution in [0.25, 0.3) is 6.08 Å². The zero-order valence-corrected chi connectivity index (χ0v) is 15.7. The molecule has 1 amide bonds. The first-order valence-electron chi connectivity index (χ1n) is 9.35. The summed E-state index contributed by atoms with van der Waals surface area (Å²) in [5, 5.41) is 7.28. The third-order valence-corrected chi connectivity index (χ3v) is 5.13. The number of hydrogen-bond acceptors (Lipinski definition) is 3. The van der Waals surface area contributed by atoms with Gasteiger partial charge >= 0.3 is 0 Å². The van der Waals surface area contributed by atoms with Gasteiger partial charge in [-0.05, 0) is 25.0 Å². The lowest BCUT2D eigenvalue weighted by Crippen LogP contribution is -2.48. The molecule has 3 rings (SSSR count). The minimum absolute atomic E-state index is 0.240. The van der Waals surface area contributed by atoms with E-state index in [1.807, 2.05) is 17.9 Å². The Balaban J connectivity index is 1.39. The van der Waals surface area contributed by atoms with E-state index in [0.29, 0.717) is 6.42 Å². The number of H-pyrrole nitrogens is 1. The molecular formula is C21H28N4O. The third kappa shape index (κ3) is 4.82. The largest absolute Gasteiger partial charge is 0.340 e. The quantitative estimate of drug-likeness (QED) is 0.870. The molecule has 0 atom stereocenters. The summed E-state index contributed by atoms with van der Waals surface area (Å²) in [6.45, 7) is 8.51.